The molecule has 1 aliphatic rings. The van der Waals surface area contributed by atoms with Crippen LogP contribution < -0.4 is 11.1 Å². The number of carbonyl (C=O) groups excluding carboxylic acids is 1. The fourth-order valence-electron chi connectivity index (χ4n) is 2.04. The average molecular weight is 300 g/mol. The fraction of sp³-hybridized carbons (Fsp3) is 0.800. The van der Waals surface area contributed by atoms with Crippen LogP contribution in [0, 0.1) is 0 Å². The van der Waals surface area contributed by atoms with Crippen molar-refractivity contribution in [3.05, 3.63) is 12.2 Å². The van der Waals surface area contributed by atoms with Gasteiger partial charge >= 0.3 is 6.09 Å². The van der Waals surface area contributed by atoms with E-state index in [9.17, 15) is 4.79 Å². The first-order chi connectivity index (χ1) is 10.3. The fourth-order valence-corrected chi connectivity index (χ4v) is 2.04. The third-order valence-electron chi connectivity index (χ3n) is 3.12. The summed E-state index contributed by atoms with van der Waals surface area (Å²) in [5.41, 5.74) is 5.29. The van der Waals surface area contributed by atoms with Crippen molar-refractivity contribution in [1.82, 2.24) is 5.32 Å². The van der Waals surface area contributed by atoms with Crippen molar-refractivity contribution in [1.29, 1.82) is 0 Å². The smallest absolute Gasteiger partial charge is 0.407 e. The van der Waals surface area contributed by atoms with E-state index in [1.165, 1.54) is 12.8 Å². The van der Waals surface area contributed by atoms with E-state index in [0.29, 0.717) is 39.5 Å². The summed E-state index contributed by atoms with van der Waals surface area (Å²) in [6.07, 6.45) is 9.11. The molecule has 0 aromatic carbocycles. The largest absolute Gasteiger partial charge is 0.442 e. The molecule has 1 aliphatic carbocycles. The molecule has 3 N–H and O–H groups in total. The number of alkyl carbamates (subject to hydrolysis) is 1. The Morgan fingerprint density at radius 1 is 1.14 bits per heavy atom. The topological polar surface area (TPSA) is 82.8 Å². The highest BCUT2D eigenvalue weighted by atomic mass is 16.6. The van der Waals surface area contributed by atoms with Crippen molar-refractivity contribution >= 4 is 6.09 Å². The number of amides is 1. The van der Waals surface area contributed by atoms with Gasteiger partial charge in [-0.15, -0.1) is 0 Å². The molecular weight excluding hydrogens is 272 g/mol. The maximum atomic E-state index is 11.6. The van der Waals surface area contributed by atoms with Crippen molar-refractivity contribution in [2.75, 3.05) is 39.5 Å². The van der Waals surface area contributed by atoms with Crippen molar-refractivity contribution in [3.8, 4) is 0 Å². The quantitative estimate of drug-likeness (QED) is 0.499. The molecule has 6 nitrogen and oxygen atoms in total. The normalized spacial score (nSPS) is 18.8. The molecule has 0 saturated heterocycles. The van der Waals surface area contributed by atoms with Gasteiger partial charge in [0.15, 0.2) is 0 Å². The van der Waals surface area contributed by atoms with Crippen LogP contribution in [0.25, 0.3) is 0 Å². The SMILES string of the molecule is NCCOCCOCCNC(=O)OC1C=CCCCCC1. The van der Waals surface area contributed by atoms with Crippen molar-refractivity contribution < 1.29 is 19.0 Å². The molecule has 1 amide bonds. The van der Waals surface area contributed by atoms with Crippen molar-refractivity contribution in [2.24, 2.45) is 5.73 Å². The maximum Gasteiger partial charge on any atom is 0.407 e. The second-order valence-electron chi connectivity index (χ2n) is 4.95. The highest BCUT2D eigenvalue weighted by Gasteiger charge is 2.11. The van der Waals surface area contributed by atoms with Gasteiger partial charge in [0, 0.05) is 13.1 Å². The van der Waals surface area contributed by atoms with E-state index in [1.54, 1.807) is 0 Å². The van der Waals surface area contributed by atoms with Crippen LogP contribution in [0.3, 0.4) is 0 Å². The Bertz CT molecular complexity index is 297. The minimum Gasteiger partial charge on any atom is -0.442 e. The van der Waals surface area contributed by atoms with Crippen LogP contribution >= 0.6 is 0 Å². The number of carbonyl (C=O) groups is 1. The number of nitrogens with one attached hydrogen (secondary N) is 1. The van der Waals surface area contributed by atoms with Crippen LogP contribution in [-0.4, -0.2) is 51.7 Å². The van der Waals surface area contributed by atoms with E-state index < -0.39 is 0 Å². The predicted octanol–water partition coefficient (Wildman–Crippen LogP) is 1.59. The number of allylic oxidation sites excluding steroid dienone is 1. The number of rotatable bonds is 9. The van der Waals surface area contributed by atoms with Gasteiger partial charge in [0.2, 0.25) is 0 Å². The van der Waals surface area contributed by atoms with Gasteiger partial charge in [-0.2, -0.15) is 0 Å². The van der Waals surface area contributed by atoms with E-state index in [1.807, 2.05) is 6.08 Å². The molecule has 0 fully saturated rings. The third kappa shape index (κ3) is 10.3. The third-order valence-corrected chi connectivity index (χ3v) is 3.12. The summed E-state index contributed by atoms with van der Waals surface area (Å²) in [5.74, 6) is 0. The lowest BCUT2D eigenvalue weighted by atomic mass is 10.0. The summed E-state index contributed by atoms with van der Waals surface area (Å²) < 4.78 is 15.8. The molecule has 21 heavy (non-hydrogen) atoms. The zero-order valence-corrected chi connectivity index (χ0v) is 12.7. The monoisotopic (exact) mass is 300 g/mol. The summed E-state index contributed by atoms with van der Waals surface area (Å²) in [7, 11) is 0. The van der Waals surface area contributed by atoms with E-state index >= 15 is 0 Å². The number of ether oxygens (including phenoxy) is 3. The summed E-state index contributed by atoms with van der Waals surface area (Å²) in [6.45, 7) is 2.97. The summed E-state index contributed by atoms with van der Waals surface area (Å²) in [6, 6.07) is 0. The summed E-state index contributed by atoms with van der Waals surface area (Å²) >= 11 is 0. The minimum absolute atomic E-state index is 0.101. The lowest BCUT2D eigenvalue weighted by Gasteiger charge is -2.16. The van der Waals surface area contributed by atoms with Crippen molar-refractivity contribution in [3.63, 3.8) is 0 Å². The molecule has 0 radical (unpaired) electrons. The lowest BCUT2D eigenvalue weighted by molar-refractivity contribution is 0.0505. The molecule has 0 aromatic heterocycles. The van der Waals surface area contributed by atoms with Gasteiger partial charge in [0.05, 0.1) is 26.4 Å². The predicted molar refractivity (Wildman–Crippen MR) is 81.2 cm³/mol. The van der Waals surface area contributed by atoms with Crippen LogP contribution in [0.2, 0.25) is 0 Å². The number of hydrogen-bond acceptors (Lipinski definition) is 5. The van der Waals surface area contributed by atoms with Gasteiger partial charge in [0.25, 0.3) is 0 Å². The Morgan fingerprint density at radius 3 is 2.76 bits per heavy atom. The standard InChI is InChI=1S/C15H28N2O4/c16-8-10-19-12-13-20-11-9-17-15(18)21-14-6-4-2-1-3-5-7-14/h4,6,14H,1-3,5,7-13,16H2,(H,17,18). The molecule has 1 unspecified atom stereocenters. The molecule has 1 atom stereocenters. The molecule has 0 saturated carbocycles. The van der Waals surface area contributed by atoms with Gasteiger partial charge in [-0.1, -0.05) is 12.5 Å². The molecule has 6 heteroatoms. The lowest BCUT2D eigenvalue weighted by Crippen LogP contribution is -2.31. The Labute approximate surface area is 127 Å². The second kappa shape index (κ2) is 12.6. The minimum atomic E-state index is -0.381. The maximum absolute atomic E-state index is 11.6. The van der Waals surface area contributed by atoms with Crippen LogP contribution in [0.1, 0.15) is 32.1 Å². The zero-order valence-electron chi connectivity index (χ0n) is 12.7. The van der Waals surface area contributed by atoms with Crippen molar-refractivity contribution in [2.45, 2.75) is 38.2 Å². The second-order valence-corrected chi connectivity index (χ2v) is 4.95. The molecule has 122 valence electrons. The van der Waals surface area contributed by atoms with Crippen LogP contribution in [-0.2, 0) is 14.2 Å². The molecule has 0 heterocycles. The van der Waals surface area contributed by atoms with Gasteiger partial charge in [-0.3, -0.25) is 0 Å². The first kappa shape index (κ1) is 17.9. The molecule has 0 bridgehead atoms. The van der Waals surface area contributed by atoms with Gasteiger partial charge in [-0.05, 0) is 31.8 Å². The highest BCUT2D eigenvalue weighted by molar-refractivity contribution is 5.67. The Kier molecular flexibility index (Phi) is 10.8. The first-order valence-corrected chi connectivity index (χ1v) is 7.79. The Morgan fingerprint density at radius 2 is 1.95 bits per heavy atom. The van der Waals surface area contributed by atoms with Gasteiger partial charge in [-0.25, -0.2) is 4.79 Å². The summed E-state index contributed by atoms with van der Waals surface area (Å²) in [4.78, 5) is 11.6. The van der Waals surface area contributed by atoms with E-state index in [4.69, 9.17) is 19.9 Å². The van der Waals surface area contributed by atoms with Gasteiger partial charge < -0.3 is 25.3 Å². The van der Waals surface area contributed by atoms with Crippen LogP contribution in [0.4, 0.5) is 4.79 Å². The first-order valence-electron chi connectivity index (χ1n) is 7.79. The zero-order chi connectivity index (χ0) is 15.2. The van der Waals surface area contributed by atoms with Gasteiger partial charge in [0.1, 0.15) is 6.10 Å². The average Bonchev–Trinajstić information content (AvgIpc) is 2.44. The Balaban J connectivity index is 1.99. The molecule has 1 rings (SSSR count). The number of nitrogens with two attached hydrogens (primary N) is 1. The molecule has 0 spiro atoms. The molecule has 0 aromatic rings. The molecule has 0 aliphatic heterocycles. The van der Waals surface area contributed by atoms with E-state index in [0.717, 1.165) is 19.3 Å². The summed E-state index contributed by atoms with van der Waals surface area (Å²) in [5, 5.41) is 2.69. The highest BCUT2D eigenvalue weighted by Crippen LogP contribution is 2.14. The van der Waals surface area contributed by atoms with E-state index in [2.05, 4.69) is 11.4 Å². The number of hydrogen-bond donors (Lipinski definition) is 2. The van der Waals surface area contributed by atoms with E-state index in [-0.39, 0.29) is 12.2 Å². The Hall–Kier alpha value is -1.11. The molecular formula is C15H28N2O4. The van der Waals surface area contributed by atoms with Crippen LogP contribution in [0.5, 0.6) is 0 Å². The van der Waals surface area contributed by atoms with Crippen LogP contribution in [0.15, 0.2) is 12.2 Å².